The zero-order valence-electron chi connectivity index (χ0n) is 26.5. The Morgan fingerprint density at radius 3 is 1.18 bits per heavy atom. The van der Waals surface area contributed by atoms with Gasteiger partial charge in [-0.25, -0.2) is 0 Å². The van der Waals surface area contributed by atoms with Crippen molar-refractivity contribution in [2.24, 2.45) is 0 Å². The predicted octanol–water partition coefficient (Wildman–Crippen LogP) is 14.7. The SMILES string of the molecule is c1ccc2c(c1)sc1ccc(-c3ccc4c(c3)oc3ccc5c(ccc6oc7cc(-c8ccc9sc%10ccccc%10c9c8)ccc7c65)c34)cc12. The van der Waals surface area contributed by atoms with Gasteiger partial charge in [0.2, 0.25) is 0 Å². The van der Waals surface area contributed by atoms with E-state index in [1.54, 1.807) is 0 Å². The molecule has 0 atom stereocenters. The summed E-state index contributed by atoms with van der Waals surface area (Å²) in [5, 5.41) is 12.1. The molecule has 0 N–H and O–H groups in total. The van der Waals surface area contributed by atoms with Crippen molar-refractivity contribution in [3.05, 3.63) is 146 Å². The second-order valence-corrected chi connectivity index (χ2v) is 15.4. The number of fused-ring (bicyclic) bond motifs is 15. The van der Waals surface area contributed by atoms with E-state index in [4.69, 9.17) is 8.83 Å². The molecular weight excluding hydrogens is 649 g/mol. The van der Waals surface area contributed by atoms with E-state index in [0.717, 1.165) is 55.0 Å². The zero-order chi connectivity index (χ0) is 32.5. The summed E-state index contributed by atoms with van der Waals surface area (Å²) in [6, 6.07) is 52.8. The van der Waals surface area contributed by atoms with Gasteiger partial charge in [0.1, 0.15) is 22.3 Å². The van der Waals surface area contributed by atoms with Crippen molar-refractivity contribution >= 4 is 118 Å². The Balaban J connectivity index is 0.994. The summed E-state index contributed by atoms with van der Waals surface area (Å²) in [6.07, 6.45) is 0. The van der Waals surface area contributed by atoms with Crippen LogP contribution >= 0.6 is 22.7 Å². The van der Waals surface area contributed by atoms with Crippen molar-refractivity contribution in [1.82, 2.24) is 0 Å². The molecule has 0 saturated heterocycles. The molecule has 0 fully saturated rings. The molecule has 0 saturated carbocycles. The number of thiophene rings is 2. The molecule has 232 valence electrons. The fraction of sp³-hybridized carbons (Fsp3) is 0. The van der Waals surface area contributed by atoms with Crippen LogP contribution in [0, 0.1) is 0 Å². The topological polar surface area (TPSA) is 26.3 Å². The van der Waals surface area contributed by atoms with Crippen LogP contribution in [0.15, 0.2) is 154 Å². The van der Waals surface area contributed by atoms with Gasteiger partial charge in [-0.05, 0) is 118 Å². The summed E-state index contributed by atoms with van der Waals surface area (Å²) < 4.78 is 18.4. The summed E-state index contributed by atoms with van der Waals surface area (Å²) in [7, 11) is 0. The first-order chi connectivity index (χ1) is 24.7. The molecule has 0 aliphatic carbocycles. The lowest BCUT2D eigenvalue weighted by atomic mass is 9.97. The standard InChI is InChI=1S/C46H24O2S2/c1-3-7-41-29(5-1)35-21-25(11-19-43(35)49-41)27-9-13-33-39(23-27)47-37-17-15-32-31(45(33)37)16-18-38-46(32)34-14-10-28(24-40(34)48-38)26-12-20-44-36(22-26)30-6-2-4-8-42(30)50-44/h1-24H. The number of rotatable bonds is 2. The second-order valence-electron chi connectivity index (χ2n) is 13.2. The van der Waals surface area contributed by atoms with Crippen molar-refractivity contribution in [2.45, 2.75) is 0 Å². The number of hydrogen-bond donors (Lipinski definition) is 0. The van der Waals surface area contributed by atoms with Gasteiger partial charge in [-0.3, -0.25) is 0 Å². The molecule has 0 aliphatic heterocycles. The Bertz CT molecular complexity index is 3160. The molecular formula is C46H24O2S2. The summed E-state index contributed by atoms with van der Waals surface area (Å²) in [4.78, 5) is 0. The molecule has 8 aromatic carbocycles. The molecule has 4 heterocycles. The molecule has 0 bridgehead atoms. The van der Waals surface area contributed by atoms with Crippen molar-refractivity contribution in [3.63, 3.8) is 0 Å². The lowest BCUT2D eigenvalue weighted by molar-refractivity contribution is 0.668. The van der Waals surface area contributed by atoms with E-state index < -0.39 is 0 Å². The molecule has 2 nitrogen and oxygen atoms in total. The van der Waals surface area contributed by atoms with E-state index in [0.29, 0.717) is 0 Å². The molecule has 0 radical (unpaired) electrons. The van der Waals surface area contributed by atoms with Crippen LogP contribution in [-0.2, 0) is 0 Å². The van der Waals surface area contributed by atoms with Crippen LogP contribution in [0.2, 0.25) is 0 Å². The first-order valence-corrected chi connectivity index (χ1v) is 18.4. The Morgan fingerprint density at radius 2 is 0.680 bits per heavy atom. The second kappa shape index (κ2) is 9.82. The maximum atomic E-state index is 6.54. The Hall–Kier alpha value is -5.94. The van der Waals surface area contributed by atoms with Crippen LogP contribution in [0.25, 0.3) is 117 Å². The van der Waals surface area contributed by atoms with Gasteiger partial charge >= 0.3 is 0 Å². The van der Waals surface area contributed by atoms with Gasteiger partial charge in [-0.2, -0.15) is 0 Å². The van der Waals surface area contributed by atoms with Crippen LogP contribution in [0.3, 0.4) is 0 Å². The first-order valence-electron chi connectivity index (χ1n) is 16.8. The average Bonchev–Trinajstić information content (AvgIpc) is 3.93. The highest BCUT2D eigenvalue weighted by Crippen LogP contribution is 2.43. The average molecular weight is 673 g/mol. The van der Waals surface area contributed by atoms with E-state index in [2.05, 4.69) is 146 Å². The maximum Gasteiger partial charge on any atom is 0.136 e. The smallest absolute Gasteiger partial charge is 0.136 e. The Labute approximate surface area is 293 Å². The Morgan fingerprint density at radius 1 is 0.280 bits per heavy atom. The monoisotopic (exact) mass is 672 g/mol. The van der Waals surface area contributed by atoms with Crippen molar-refractivity contribution in [1.29, 1.82) is 0 Å². The highest BCUT2D eigenvalue weighted by atomic mass is 32.1. The summed E-state index contributed by atoms with van der Waals surface area (Å²) in [5.74, 6) is 0. The fourth-order valence-corrected chi connectivity index (χ4v) is 10.3. The van der Waals surface area contributed by atoms with Gasteiger partial charge in [0.25, 0.3) is 0 Å². The summed E-state index contributed by atoms with van der Waals surface area (Å²) >= 11 is 3.70. The predicted molar refractivity (Wildman–Crippen MR) is 215 cm³/mol. The third-order valence-electron chi connectivity index (χ3n) is 10.5. The molecule has 4 aromatic heterocycles. The van der Waals surface area contributed by atoms with E-state index in [-0.39, 0.29) is 0 Å². The van der Waals surface area contributed by atoms with Crippen molar-refractivity contribution < 1.29 is 8.83 Å². The van der Waals surface area contributed by atoms with Gasteiger partial charge < -0.3 is 8.83 Å². The fourth-order valence-electron chi connectivity index (χ4n) is 8.13. The van der Waals surface area contributed by atoms with Gasteiger partial charge in [-0.1, -0.05) is 60.7 Å². The van der Waals surface area contributed by atoms with Gasteiger partial charge in [-0.15, -0.1) is 22.7 Å². The molecule has 0 aliphatic rings. The summed E-state index contributed by atoms with van der Waals surface area (Å²) in [6.45, 7) is 0. The van der Waals surface area contributed by atoms with Crippen LogP contribution in [0.4, 0.5) is 0 Å². The molecule has 0 unspecified atom stereocenters. The largest absolute Gasteiger partial charge is 0.456 e. The molecule has 12 rings (SSSR count). The third kappa shape index (κ3) is 3.72. The van der Waals surface area contributed by atoms with Crippen molar-refractivity contribution in [3.8, 4) is 22.3 Å². The van der Waals surface area contributed by atoms with Crippen molar-refractivity contribution in [2.75, 3.05) is 0 Å². The molecule has 12 aromatic rings. The Kier molecular flexibility index (Phi) is 5.29. The lowest BCUT2D eigenvalue weighted by Gasteiger charge is -2.04. The zero-order valence-corrected chi connectivity index (χ0v) is 28.1. The van der Waals surface area contributed by atoms with Gasteiger partial charge in [0.15, 0.2) is 0 Å². The van der Waals surface area contributed by atoms with Crippen LogP contribution in [0.1, 0.15) is 0 Å². The lowest BCUT2D eigenvalue weighted by Crippen LogP contribution is -1.79. The first kappa shape index (κ1) is 26.9. The van der Waals surface area contributed by atoms with E-state index >= 15 is 0 Å². The quantitative estimate of drug-likeness (QED) is 0.183. The minimum absolute atomic E-state index is 0.898. The number of hydrogen-bond acceptors (Lipinski definition) is 4. The third-order valence-corrected chi connectivity index (χ3v) is 12.8. The molecule has 0 amide bonds. The van der Waals surface area contributed by atoms with E-state index in [9.17, 15) is 0 Å². The van der Waals surface area contributed by atoms with E-state index in [1.165, 1.54) is 62.2 Å². The van der Waals surface area contributed by atoms with Crippen LogP contribution < -0.4 is 0 Å². The minimum Gasteiger partial charge on any atom is -0.456 e. The number of benzene rings is 8. The van der Waals surface area contributed by atoms with Crippen LogP contribution in [-0.4, -0.2) is 0 Å². The maximum absolute atomic E-state index is 6.54. The molecule has 4 heteroatoms. The molecule has 0 spiro atoms. The van der Waals surface area contributed by atoms with Gasteiger partial charge in [0.05, 0.1) is 0 Å². The number of furan rings is 2. The van der Waals surface area contributed by atoms with E-state index in [1.807, 2.05) is 22.7 Å². The van der Waals surface area contributed by atoms with Gasteiger partial charge in [0, 0.05) is 61.9 Å². The summed E-state index contributed by atoms with van der Waals surface area (Å²) in [5.41, 5.74) is 8.30. The van der Waals surface area contributed by atoms with Crippen LogP contribution in [0.5, 0.6) is 0 Å². The highest BCUT2D eigenvalue weighted by Gasteiger charge is 2.17. The minimum atomic E-state index is 0.898. The molecule has 50 heavy (non-hydrogen) atoms. The normalized spacial score (nSPS) is 12.4. The highest BCUT2D eigenvalue weighted by molar-refractivity contribution is 7.26.